The fourth-order valence-corrected chi connectivity index (χ4v) is 2.04. The molecule has 1 aromatic rings. The van der Waals surface area contributed by atoms with Gasteiger partial charge in [-0.15, -0.1) is 0 Å². The van der Waals surface area contributed by atoms with E-state index in [-0.39, 0.29) is 18.2 Å². The second kappa shape index (κ2) is 6.98. The molecule has 0 aliphatic carbocycles. The van der Waals surface area contributed by atoms with Crippen molar-refractivity contribution in [2.75, 3.05) is 31.2 Å². The van der Waals surface area contributed by atoms with Crippen molar-refractivity contribution in [1.29, 1.82) is 0 Å². The molecule has 1 aliphatic rings. The number of nitrogens with zero attached hydrogens (tertiary/aromatic N) is 3. The number of nitrogens with one attached hydrogen (secondary N) is 1. The van der Waals surface area contributed by atoms with Crippen LogP contribution in [0.25, 0.3) is 0 Å². The third-order valence-corrected chi connectivity index (χ3v) is 3.13. The fraction of sp³-hybridized carbons (Fsp3) is 0.538. The van der Waals surface area contributed by atoms with E-state index in [2.05, 4.69) is 15.3 Å². The van der Waals surface area contributed by atoms with Crippen molar-refractivity contribution >= 4 is 17.7 Å². The molecule has 8 heteroatoms. The molecule has 1 amide bonds. The lowest BCUT2D eigenvalue weighted by Gasteiger charge is -2.35. The molecule has 0 spiro atoms. The van der Waals surface area contributed by atoms with Gasteiger partial charge >= 0.3 is 5.97 Å². The van der Waals surface area contributed by atoms with Crippen molar-refractivity contribution in [1.82, 2.24) is 15.3 Å². The summed E-state index contributed by atoms with van der Waals surface area (Å²) in [6, 6.07) is -0.477. The lowest BCUT2D eigenvalue weighted by atomic mass is 10.2. The summed E-state index contributed by atoms with van der Waals surface area (Å²) in [5.74, 6) is -0.783. The van der Waals surface area contributed by atoms with Gasteiger partial charge in [0.05, 0.1) is 25.6 Å². The molecule has 0 radical (unpaired) electrons. The Hall–Kier alpha value is -2.22. The van der Waals surface area contributed by atoms with Crippen LogP contribution in [0, 0.1) is 0 Å². The lowest BCUT2D eigenvalue weighted by Crippen LogP contribution is -2.54. The fourth-order valence-electron chi connectivity index (χ4n) is 2.04. The van der Waals surface area contributed by atoms with Crippen LogP contribution in [0.2, 0.25) is 0 Å². The van der Waals surface area contributed by atoms with E-state index in [1.807, 2.05) is 6.92 Å². The molecule has 1 atom stereocenters. The summed E-state index contributed by atoms with van der Waals surface area (Å²) in [6.07, 6.45) is 3.41. The molecule has 0 saturated carbocycles. The van der Waals surface area contributed by atoms with Gasteiger partial charge in [-0.2, -0.15) is 0 Å². The zero-order valence-electron chi connectivity index (χ0n) is 11.8. The first-order valence-electron chi connectivity index (χ1n) is 6.81. The maximum absolute atomic E-state index is 12.1. The number of hydrogen-bond acceptors (Lipinski definition) is 6. The Balaban J connectivity index is 2.14. The van der Waals surface area contributed by atoms with Crippen molar-refractivity contribution in [3.63, 3.8) is 0 Å². The van der Waals surface area contributed by atoms with E-state index in [0.29, 0.717) is 25.5 Å². The first-order chi connectivity index (χ1) is 10.1. The van der Waals surface area contributed by atoms with Gasteiger partial charge in [0, 0.05) is 13.1 Å². The summed E-state index contributed by atoms with van der Waals surface area (Å²) in [7, 11) is 0. The van der Waals surface area contributed by atoms with E-state index in [1.54, 1.807) is 4.90 Å². The van der Waals surface area contributed by atoms with Crippen LogP contribution in [0.15, 0.2) is 12.4 Å². The summed E-state index contributed by atoms with van der Waals surface area (Å²) in [4.78, 5) is 32.6. The number of carboxylic acids is 1. The van der Waals surface area contributed by atoms with E-state index in [0.717, 1.165) is 6.42 Å². The van der Waals surface area contributed by atoms with Gasteiger partial charge in [0.25, 0.3) is 0 Å². The predicted molar refractivity (Wildman–Crippen MR) is 74.2 cm³/mol. The van der Waals surface area contributed by atoms with Gasteiger partial charge in [-0.05, 0) is 6.42 Å². The number of aromatic nitrogens is 2. The van der Waals surface area contributed by atoms with Crippen molar-refractivity contribution < 1.29 is 19.4 Å². The van der Waals surface area contributed by atoms with Gasteiger partial charge in [-0.1, -0.05) is 6.92 Å². The minimum absolute atomic E-state index is 0.124. The molecule has 0 bridgehead atoms. The Kier molecular flexibility index (Phi) is 5.04. The van der Waals surface area contributed by atoms with Crippen molar-refractivity contribution in [2.24, 2.45) is 0 Å². The van der Waals surface area contributed by atoms with Crippen LogP contribution in [0.4, 0.5) is 5.82 Å². The highest BCUT2D eigenvalue weighted by Crippen LogP contribution is 2.16. The molecule has 1 saturated heterocycles. The van der Waals surface area contributed by atoms with Crippen LogP contribution < -0.4 is 10.2 Å². The van der Waals surface area contributed by atoms with E-state index in [4.69, 9.17) is 9.84 Å². The molecule has 1 unspecified atom stereocenters. The van der Waals surface area contributed by atoms with Gasteiger partial charge in [0.1, 0.15) is 11.9 Å². The van der Waals surface area contributed by atoms with E-state index in [9.17, 15) is 9.59 Å². The number of carbonyl (C=O) groups is 2. The van der Waals surface area contributed by atoms with Crippen LogP contribution in [0.1, 0.15) is 23.8 Å². The highest BCUT2D eigenvalue weighted by molar-refractivity contribution is 5.86. The molecule has 1 aromatic heterocycles. The van der Waals surface area contributed by atoms with Crippen LogP contribution >= 0.6 is 0 Å². The zero-order valence-corrected chi connectivity index (χ0v) is 11.8. The summed E-state index contributed by atoms with van der Waals surface area (Å²) >= 11 is 0. The predicted octanol–water partition coefficient (Wildman–Crippen LogP) is -0.0938. The molecule has 114 valence electrons. The van der Waals surface area contributed by atoms with Gasteiger partial charge in [0.15, 0.2) is 5.69 Å². The van der Waals surface area contributed by atoms with E-state index < -0.39 is 12.0 Å². The standard InChI is InChI=1S/C13H18N4O4/c1-2-3-14-12(18)10-8-21-5-4-17(10)11-7-15-9(6-16-11)13(19)20/h6-7,10H,2-5,8H2,1H3,(H,14,18)(H,19,20). The number of aromatic carboxylic acids is 1. The number of rotatable bonds is 5. The Bertz CT molecular complexity index is 505. The smallest absolute Gasteiger partial charge is 0.356 e. The average molecular weight is 294 g/mol. The summed E-state index contributed by atoms with van der Waals surface area (Å²) < 4.78 is 5.35. The van der Waals surface area contributed by atoms with E-state index in [1.165, 1.54) is 12.4 Å². The van der Waals surface area contributed by atoms with Crippen LogP contribution in [0.5, 0.6) is 0 Å². The minimum atomic E-state index is -1.13. The largest absolute Gasteiger partial charge is 0.476 e. The Morgan fingerprint density at radius 2 is 2.29 bits per heavy atom. The quantitative estimate of drug-likeness (QED) is 0.781. The highest BCUT2D eigenvalue weighted by atomic mass is 16.5. The van der Waals surface area contributed by atoms with Gasteiger partial charge in [-0.25, -0.2) is 14.8 Å². The van der Waals surface area contributed by atoms with E-state index >= 15 is 0 Å². The van der Waals surface area contributed by atoms with Crippen LogP contribution in [0.3, 0.4) is 0 Å². The summed E-state index contributed by atoms with van der Waals surface area (Å²) in [5, 5.41) is 11.7. The molecular weight excluding hydrogens is 276 g/mol. The molecule has 1 aliphatic heterocycles. The van der Waals surface area contributed by atoms with Crippen molar-refractivity contribution in [3.8, 4) is 0 Å². The minimum Gasteiger partial charge on any atom is -0.476 e. The van der Waals surface area contributed by atoms with Gasteiger partial charge in [-0.3, -0.25) is 4.79 Å². The number of ether oxygens (including phenoxy) is 1. The Morgan fingerprint density at radius 3 is 2.90 bits per heavy atom. The SMILES string of the molecule is CCCNC(=O)C1COCCN1c1cnc(C(=O)O)cn1. The Labute approximate surface area is 122 Å². The van der Waals surface area contributed by atoms with Crippen molar-refractivity contribution in [3.05, 3.63) is 18.1 Å². The lowest BCUT2D eigenvalue weighted by molar-refractivity contribution is -0.124. The number of amides is 1. The molecule has 8 nitrogen and oxygen atoms in total. The molecule has 0 aromatic carbocycles. The maximum Gasteiger partial charge on any atom is 0.356 e. The second-order valence-electron chi connectivity index (χ2n) is 4.64. The summed E-state index contributed by atoms with van der Waals surface area (Å²) in [5.41, 5.74) is -0.126. The van der Waals surface area contributed by atoms with Gasteiger partial charge in [0.2, 0.25) is 5.91 Å². The average Bonchev–Trinajstić information content (AvgIpc) is 2.52. The normalized spacial score (nSPS) is 18.3. The zero-order chi connectivity index (χ0) is 15.2. The first-order valence-corrected chi connectivity index (χ1v) is 6.81. The third kappa shape index (κ3) is 3.66. The monoisotopic (exact) mass is 294 g/mol. The number of anilines is 1. The Morgan fingerprint density at radius 1 is 1.48 bits per heavy atom. The molecule has 2 N–H and O–H groups in total. The molecule has 2 heterocycles. The number of morpholine rings is 1. The van der Waals surface area contributed by atoms with Crippen LogP contribution in [-0.2, 0) is 9.53 Å². The second-order valence-corrected chi connectivity index (χ2v) is 4.64. The maximum atomic E-state index is 12.1. The van der Waals surface area contributed by atoms with Crippen LogP contribution in [-0.4, -0.2) is 59.3 Å². The molecule has 21 heavy (non-hydrogen) atoms. The number of hydrogen-bond donors (Lipinski definition) is 2. The number of carbonyl (C=O) groups excluding carboxylic acids is 1. The summed E-state index contributed by atoms with van der Waals surface area (Å²) in [6.45, 7) is 3.85. The molecule has 1 fully saturated rings. The molecule has 2 rings (SSSR count). The number of carboxylic acid groups (broad SMARTS) is 1. The van der Waals surface area contributed by atoms with Crippen molar-refractivity contribution in [2.45, 2.75) is 19.4 Å². The topological polar surface area (TPSA) is 105 Å². The third-order valence-electron chi connectivity index (χ3n) is 3.13. The van der Waals surface area contributed by atoms with Gasteiger partial charge < -0.3 is 20.1 Å². The first kappa shape index (κ1) is 15.2. The molecular formula is C13H18N4O4. The highest BCUT2D eigenvalue weighted by Gasteiger charge is 2.30.